The van der Waals surface area contributed by atoms with Gasteiger partial charge >= 0.3 is 0 Å². The van der Waals surface area contributed by atoms with Crippen molar-refractivity contribution in [3.05, 3.63) is 88.2 Å². The van der Waals surface area contributed by atoms with E-state index in [4.69, 9.17) is 0 Å². The monoisotopic (exact) mass is 404 g/mol. The Morgan fingerprint density at radius 3 is 2.60 bits per heavy atom. The quantitative estimate of drug-likeness (QED) is 0.541. The Kier molecular flexibility index (Phi) is 5.18. The average molecular weight is 404 g/mol. The maximum Gasteiger partial charge on any atom is 0.282 e. The number of anilines is 1. The fourth-order valence-corrected chi connectivity index (χ4v) is 3.33. The first-order valence-corrected chi connectivity index (χ1v) is 9.73. The van der Waals surface area contributed by atoms with Crippen LogP contribution in [0.15, 0.2) is 65.7 Å². The summed E-state index contributed by atoms with van der Waals surface area (Å²) in [5, 5.41) is 7.15. The lowest BCUT2D eigenvalue weighted by Crippen LogP contribution is -2.17. The molecule has 2 heterocycles. The molecule has 0 aliphatic carbocycles. The van der Waals surface area contributed by atoms with Crippen LogP contribution in [0.2, 0.25) is 0 Å². The number of aromatic nitrogens is 3. The first kappa shape index (κ1) is 19.6. The van der Waals surface area contributed by atoms with Crippen molar-refractivity contribution in [3.8, 4) is 16.9 Å². The summed E-state index contributed by atoms with van der Waals surface area (Å²) < 4.78 is 17.0. The summed E-state index contributed by atoms with van der Waals surface area (Å²) in [6.45, 7) is 4.31. The number of aryl methyl sites for hydroxylation is 2. The molecule has 2 aromatic rings. The molecule has 0 aromatic heterocycles. The number of rotatable bonds is 5. The first-order valence-electron chi connectivity index (χ1n) is 9.73. The third-order valence-electron chi connectivity index (χ3n) is 4.88. The Morgan fingerprint density at radius 2 is 1.90 bits per heavy atom. The number of benzene rings is 2. The minimum atomic E-state index is -0.452. The Labute approximate surface area is 172 Å². The predicted molar refractivity (Wildman–Crippen MR) is 114 cm³/mol. The van der Waals surface area contributed by atoms with E-state index < -0.39 is 11.7 Å². The van der Waals surface area contributed by atoms with E-state index in [-0.39, 0.29) is 11.1 Å². The molecule has 2 aromatic carbocycles. The second-order valence-electron chi connectivity index (χ2n) is 7.14. The minimum absolute atomic E-state index is 0.258. The van der Waals surface area contributed by atoms with Gasteiger partial charge in [-0.3, -0.25) is 9.59 Å². The van der Waals surface area contributed by atoms with Gasteiger partial charge in [-0.2, -0.15) is 9.78 Å². The van der Waals surface area contributed by atoms with Crippen LogP contribution >= 0.6 is 0 Å². The number of fused-ring (bicyclic) bond motifs is 1. The molecule has 4 rings (SSSR count). The number of carbonyl (C=O) groups excluding carboxylic acids is 1. The van der Waals surface area contributed by atoms with Crippen LogP contribution in [0.4, 0.5) is 10.1 Å². The fraction of sp³-hybridized carbons (Fsp3) is 0.174. The number of hydrogen-bond acceptors (Lipinski definition) is 3. The predicted octanol–water partition coefficient (Wildman–Crippen LogP) is 4.25. The number of pyridine rings is 1. The van der Waals surface area contributed by atoms with E-state index in [0.717, 1.165) is 6.42 Å². The molecule has 6 nitrogen and oxygen atoms in total. The van der Waals surface area contributed by atoms with E-state index in [1.807, 2.05) is 29.7 Å². The second-order valence-corrected chi connectivity index (χ2v) is 7.14. The van der Waals surface area contributed by atoms with E-state index in [1.165, 1.54) is 10.7 Å². The highest BCUT2D eigenvalue weighted by molar-refractivity contribution is 6.08. The van der Waals surface area contributed by atoms with E-state index in [2.05, 4.69) is 10.4 Å². The van der Waals surface area contributed by atoms with E-state index in [0.29, 0.717) is 34.7 Å². The van der Waals surface area contributed by atoms with Crippen molar-refractivity contribution >= 4 is 11.6 Å². The van der Waals surface area contributed by atoms with Crippen molar-refractivity contribution in [3.63, 3.8) is 0 Å². The van der Waals surface area contributed by atoms with Crippen LogP contribution < -0.4 is 10.9 Å². The van der Waals surface area contributed by atoms with Gasteiger partial charge in [-0.25, -0.2) is 4.39 Å². The number of para-hydroxylation sites is 1. The Hall–Kier alpha value is -3.74. The van der Waals surface area contributed by atoms with E-state index in [9.17, 15) is 14.0 Å². The highest BCUT2D eigenvalue weighted by Gasteiger charge is 2.24. The maximum absolute atomic E-state index is 13.9. The zero-order chi connectivity index (χ0) is 21.3. The van der Waals surface area contributed by atoms with Gasteiger partial charge in [0, 0.05) is 24.6 Å². The van der Waals surface area contributed by atoms with Crippen LogP contribution in [0.5, 0.6) is 0 Å². The van der Waals surface area contributed by atoms with E-state index >= 15 is 0 Å². The molecule has 0 spiro atoms. The Bertz CT molecular complexity index is 1240. The smallest absolute Gasteiger partial charge is 0.282 e. The molecule has 2 aliphatic rings. The third kappa shape index (κ3) is 3.61. The zero-order valence-corrected chi connectivity index (χ0v) is 16.7. The summed E-state index contributed by atoms with van der Waals surface area (Å²) in [4.78, 5) is 26.0. The van der Waals surface area contributed by atoms with Gasteiger partial charge in [0.2, 0.25) is 0 Å². The van der Waals surface area contributed by atoms with Gasteiger partial charge in [-0.1, -0.05) is 31.2 Å². The van der Waals surface area contributed by atoms with Gasteiger partial charge in [0.1, 0.15) is 11.5 Å². The van der Waals surface area contributed by atoms with Gasteiger partial charge < -0.3 is 9.88 Å². The summed E-state index contributed by atoms with van der Waals surface area (Å²) in [7, 11) is 0. The molecule has 0 radical (unpaired) electrons. The number of nitrogens with zero attached hydrogens (tertiary/aromatic N) is 3. The first-order chi connectivity index (χ1) is 14.5. The maximum atomic E-state index is 13.9. The molecular weight excluding hydrogens is 383 g/mol. The Morgan fingerprint density at radius 1 is 1.13 bits per heavy atom. The molecule has 0 unspecified atom stereocenters. The SMILES string of the molecule is CCCn1cc(C(=O)Nc2ccc(C)c(F)c2)c2nn(-c3ccccc3)c(=O)c-2c1. The highest BCUT2D eigenvalue weighted by atomic mass is 19.1. The van der Waals surface area contributed by atoms with Crippen molar-refractivity contribution in [2.24, 2.45) is 0 Å². The van der Waals surface area contributed by atoms with Crippen LogP contribution in [0.25, 0.3) is 16.9 Å². The van der Waals surface area contributed by atoms with Gasteiger partial charge in [0.25, 0.3) is 11.5 Å². The number of hydrogen-bond donors (Lipinski definition) is 1. The molecule has 1 N–H and O–H groups in total. The number of carbonyl (C=O) groups is 1. The van der Waals surface area contributed by atoms with Gasteiger partial charge in [-0.15, -0.1) is 0 Å². The Balaban J connectivity index is 1.82. The molecule has 2 aliphatic heterocycles. The fourth-order valence-electron chi connectivity index (χ4n) is 3.33. The summed E-state index contributed by atoms with van der Waals surface area (Å²) in [6, 6.07) is 13.6. The number of halogens is 1. The highest BCUT2D eigenvalue weighted by Crippen LogP contribution is 2.24. The summed E-state index contributed by atoms with van der Waals surface area (Å²) in [5.41, 5.74) is 2.08. The van der Waals surface area contributed by atoms with Gasteiger partial charge in [0.15, 0.2) is 0 Å². The normalized spacial score (nSPS) is 11.0. The molecule has 0 saturated carbocycles. The van der Waals surface area contributed by atoms with Crippen LogP contribution in [-0.4, -0.2) is 20.3 Å². The van der Waals surface area contributed by atoms with Crippen LogP contribution in [-0.2, 0) is 6.54 Å². The van der Waals surface area contributed by atoms with Crippen molar-refractivity contribution in [2.45, 2.75) is 26.8 Å². The molecule has 0 atom stereocenters. The molecule has 30 heavy (non-hydrogen) atoms. The number of nitrogens with one attached hydrogen (secondary N) is 1. The molecule has 1 amide bonds. The molecule has 7 heteroatoms. The minimum Gasteiger partial charge on any atom is -0.353 e. The lowest BCUT2D eigenvalue weighted by atomic mass is 10.1. The summed E-state index contributed by atoms with van der Waals surface area (Å²) in [6.07, 6.45) is 4.23. The lowest BCUT2D eigenvalue weighted by Gasteiger charge is -2.12. The summed E-state index contributed by atoms with van der Waals surface area (Å²) in [5.74, 6) is -0.853. The van der Waals surface area contributed by atoms with Crippen molar-refractivity contribution in [1.82, 2.24) is 14.3 Å². The van der Waals surface area contributed by atoms with E-state index in [1.54, 1.807) is 43.6 Å². The molecule has 0 bridgehead atoms. The molecular formula is C23H21FN4O2. The van der Waals surface area contributed by atoms with Crippen LogP contribution in [0, 0.1) is 12.7 Å². The lowest BCUT2D eigenvalue weighted by molar-refractivity contribution is 0.102. The third-order valence-corrected chi connectivity index (χ3v) is 4.88. The average Bonchev–Trinajstić information content (AvgIpc) is 3.08. The van der Waals surface area contributed by atoms with Crippen LogP contribution in [0.3, 0.4) is 0 Å². The van der Waals surface area contributed by atoms with Gasteiger partial charge in [0.05, 0.1) is 16.8 Å². The molecule has 152 valence electrons. The van der Waals surface area contributed by atoms with Crippen molar-refractivity contribution in [2.75, 3.05) is 5.32 Å². The largest absolute Gasteiger partial charge is 0.353 e. The zero-order valence-electron chi connectivity index (χ0n) is 16.7. The summed E-state index contributed by atoms with van der Waals surface area (Å²) >= 11 is 0. The second kappa shape index (κ2) is 7.94. The molecule has 0 fully saturated rings. The van der Waals surface area contributed by atoms with Crippen LogP contribution in [0.1, 0.15) is 29.3 Å². The van der Waals surface area contributed by atoms with Gasteiger partial charge in [-0.05, 0) is 43.2 Å². The molecule has 0 saturated heterocycles. The number of amides is 1. The topological polar surface area (TPSA) is 68.9 Å². The van der Waals surface area contributed by atoms with Crippen molar-refractivity contribution in [1.29, 1.82) is 0 Å². The van der Waals surface area contributed by atoms with Crippen molar-refractivity contribution < 1.29 is 9.18 Å². The standard InChI is InChI=1S/C23H21FN4O2/c1-3-11-27-13-18(22(29)25-16-10-9-15(2)20(24)12-16)21-19(14-27)23(30)28(26-21)17-7-5-4-6-8-17/h4-10,12-14H,3,11H2,1-2H3,(H,25,29).